The lowest BCUT2D eigenvalue weighted by atomic mass is 9.73. The summed E-state index contributed by atoms with van der Waals surface area (Å²) in [4.78, 5) is 19.5. The molecule has 1 spiro atoms. The Bertz CT molecular complexity index is 1150. The third kappa shape index (κ3) is 4.71. The lowest BCUT2D eigenvalue weighted by molar-refractivity contribution is -0.0647. The van der Waals surface area contributed by atoms with Crippen LogP contribution >= 0.6 is 11.8 Å². The highest BCUT2D eigenvalue weighted by molar-refractivity contribution is 7.99. The molecule has 0 aromatic carbocycles. The highest BCUT2D eigenvalue weighted by Crippen LogP contribution is 2.45. The van der Waals surface area contributed by atoms with E-state index >= 15 is 0 Å². The van der Waals surface area contributed by atoms with E-state index in [0.717, 1.165) is 61.2 Å². The van der Waals surface area contributed by atoms with Gasteiger partial charge in [0, 0.05) is 44.4 Å². The summed E-state index contributed by atoms with van der Waals surface area (Å²) < 4.78 is 22.9. The summed E-state index contributed by atoms with van der Waals surface area (Å²) in [7, 11) is 1.63. The molecule has 11 nitrogen and oxygen atoms in total. The molecule has 3 saturated heterocycles. The number of rotatable bonds is 7. The Kier molecular flexibility index (Phi) is 7.36. The van der Waals surface area contributed by atoms with Gasteiger partial charge in [-0.2, -0.15) is 0 Å². The lowest BCUT2D eigenvalue weighted by Gasteiger charge is -2.41. The standard InChI is InChI=1S/C26H36N6O5S/c1-16-23(27)26(14-36-16)4-7-31(8-5-26)24-19(12-33)30-21(10-29-24)38-20-3-6-28-25-22(20)35-13-17-9-18(11-32(17)25)37-15-34-2/h3,6,10,16-18,23,33H,4-5,7-9,11-15,27H2,1-2H3/t16-,17-,18-,23+/m0/s1. The predicted molar refractivity (Wildman–Crippen MR) is 142 cm³/mol. The van der Waals surface area contributed by atoms with Crippen LogP contribution in [0.3, 0.4) is 0 Å². The number of nitrogens with zero attached hydrogens (tertiary/aromatic N) is 5. The molecule has 3 fully saturated rings. The van der Waals surface area contributed by atoms with Gasteiger partial charge in [0.05, 0.1) is 42.6 Å². The predicted octanol–water partition coefficient (Wildman–Crippen LogP) is 1.81. The van der Waals surface area contributed by atoms with Crippen molar-refractivity contribution < 1.29 is 24.1 Å². The molecule has 38 heavy (non-hydrogen) atoms. The SMILES string of the molecule is COCO[C@H]1C[C@H]2COc3c(Sc4cnc(N5CCC6(CC5)CO[C@@H](C)[C@H]6N)c(CO)n4)ccnc3N2C1. The van der Waals surface area contributed by atoms with Gasteiger partial charge >= 0.3 is 0 Å². The number of hydrogen-bond acceptors (Lipinski definition) is 12. The minimum Gasteiger partial charge on any atom is -0.486 e. The van der Waals surface area contributed by atoms with Crippen molar-refractivity contribution in [3.8, 4) is 5.75 Å². The van der Waals surface area contributed by atoms with Gasteiger partial charge in [0.1, 0.15) is 24.1 Å². The van der Waals surface area contributed by atoms with Crippen LogP contribution < -0.4 is 20.3 Å². The van der Waals surface area contributed by atoms with Crippen LogP contribution in [0.4, 0.5) is 11.6 Å². The van der Waals surface area contributed by atoms with E-state index in [1.165, 1.54) is 11.8 Å². The molecule has 12 heteroatoms. The number of hydrogen-bond donors (Lipinski definition) is 2. The van der Waals surface area contributed by atoms with Crippen LogP contribution in [0.2, 0.25) is 0 Å². The molecule has 6 heterocycles. The van der Waals surface area contributed by atoms with Gasteiger partial charge in [0.2, 0.25) is 0 Å². The minimum absolute atomic E-state index is 0.0310. The van der Waals surface area contributed by atoms with Crippen molar-refractivity contribution in [3.63, 3.8) is 0 Å². The average Bonchev–Trinajstić information content (AvgIpc) is 3.49. The van der Waals surface area contributed by atoms with Gasteiger partial charge in [-0.1, -0.05) is 11.8 Å². The van der Waals surface area contributed by atoms with E-state index in [1.807, 2.05) is 6.07 Å². The molecule has 0 amide bonds. The molecule has 0 bridgehead atoms. The molecule has 6 rings (SSSR count). The third-order valence-electron chi connectivity index (χ3n) is 8.41. The first-order valence-electron chi connectivity index (χ1n) is 13.3. The average molecular weight is 545 g/mol. The quantitative estimate of drug-likeness (QED) is 0.493. The van der Waals surface area contributed by atoms with Gasteiger partial charge < -0.3 is 39.6 Å². The molecule has 0 saturated carbocycles. The largest absolute Gasteiger partial charge is 0.486 e. The Morgan fingerprint density at radius 2 is 2.11 bits per heavy atom. The molecule has 4 atom stereocenters. The van der Waals surface area contributed by atoms with E-state index in [4.69, 9.17) is 34.6 Å². The Labute approximate surface area is 227 Å². The molecule has 0 unspecified atom stereocenters. The van der Waals surface area contributed by atoms with Crippen LogP contribution in [0.5, 0.6) is 5.75 Å². The monoisotopic (exact) mass is 544 g/mol. The van der Waals surface area contributed by atoms with E-state index in [-0.39, 0.29) is 43.1 Å². The highest BCUT2D eigenvalue weighted by atomic mass is 32.2. The Hall–Kier alpha value is -2.22. The van der Waals surface area contributed by atoms with Crippen LogP contribution in [0.25, 0.3) is 0 Å². The van der Waals surface area contributed by atoms with E-state index in [0.29, 0.717) is 23.9 Å². The molecule has 4 aliphatic heterocycles. The molecule has 4 aliphatic rings. The minimum atomic E-state index is -0.179. The zero-order valence-electron chi connectivity index (χ0n) is 21.9. The van der Waals surface area contributed by atoms with Crippen LogP contribution in [0.15, 0.2) is 28.4 Å². The normalized spacial score (nSPS) is 27.9. The first kappa shape index (κ1) is 26.0. The molecule has 0 aliphatic carbocycles. The summed E-state index contributed by atoms with van der Waals surface area (Å²) >= 11 is 1.47. The van der Waals surface area contributed by atoms with Crippen LogP contribution in [-0.2, 0) is 20.8 Å². The maximum Gasteiger partial charge on any atom is 0.175 e. The molecule has 2 aromatic heterocycles. The lowest BCUT2D eigenvalue weighted by Crippen LogP contribution is -2.51. The van der Waals surface area contributed by atoms with Gasteiger partial charge in [0.25, 0.3) is 0 Å². The van der Waals surface area contributed by atoms with Crippen molar-refractivity contribution in [1.82, 2.24) is 15.0 Å². The van der Waals surface area contributed by atoms with Gasteiger partial charge in [0.15, 0.2) is 17.4 Å². The van der Waals surface area contributed by atoms with Gasteiger partial charge in [-0.25, -0.2) is 15.0 Å². The number of aliphatic hydroxyl groups excluding tert-OH is 1. The van der Waals surface area contributed by atoms with Gasteiger partial charge in [-0.15, -0.1) is 0 Å². The van der Waals surface area contributed by atoms with Crippen molar-refractivity contribution in [1.29, 1.82) is 0 Å². The number of methoxy groups -OCH3 is 1. The van der Waals surface area contributed by atoms with Crippen molar-refractivity contribution in [2.45, 2.75) is 67.0 Å². The Morgan fingerprint density at radius 1 is 1.26 bits per heavy atom. The fraction of sp³-hybridized carbons (Fsp3) is 0.654. The number of aromatic nitrogens is 3. The summed E-state index contributed by atoms with van der Waals surface area (Å²) in [6, 6.07) is 2.22. The van der Waals surface area contributed by atoms with Crippen molar-refractivity contribution in [3.05, 3.63) is 24.2 Å². The zero-order chi connectivity index (χ0) is 26.3. The Morgan fingerprint density at radius 3 is 2.84 bits per heavy atom. The summed E-state index contributed by atoms with van der Waals surface area (Å²) in [6.45, 7) is 5.84. The molecule has 0 radical (unpaired) electrons. The summed E-state index contributed by atoms with van der Waals surface area (Å²) in [5.41, 5.74) is 7.09. The molecular formula is C26H36N6O5S. The fourth-order valence-electron chi connectivity index (χ4n) is 6.17. The highest BCUT2D eigenvalue weighted by Gasteiger charge is 2.48. The first-order chi connectivity index (χ1) is 18.5. The van der Waals surface area contributed by atoms with E-state index in [9.17, 15) is 5.11 Å². The number of nitrogens with two attached hydrogens (primary N) is 1. The molecule has 3 N–H and O–H groups in total. The zero-order valence-corrected chi connectivity index (χ0v) is 22.7. The first-order valence-corrected chi connectivity index (χ1v) is 14.1. The smallest absolute Gasteiger partial charge is 0.175 e. The molecule has 206 valence electrons. The third-order valence-corrected chi connectivity index (χ3v) is 9.36. The second-order valence-corrected chi connectivity index (χ2v) is 11.7. The number of ether oxygens (including phenoxy) is 4. The van der Waals surface area contributed by atoms with E-state index in [1.54, 1.807) is 19.5 Å². The number of aliphatic hydroxyl groups is 1. The number of anilines is 2. The summed E-state index contributed by atoms with van der Waals surface area (Å²) in [5, 5.41) is 10.9. The number of piperidine rings is 1. The topological polar surface area (TPSA) is 128 Å². The number of fused-ring (bicyclic) bond motifs is 3. The van der Waals surface area contributed by atoms with Gasteiger partial charge in [-0.05, 0) is 32.3 Å². The maximum atomic E-state index is 10.2. The maximum absolute atomic E-state index is 10.2. The molecule has 2 aromatic rings. The van der Waals surface area contributed by atoms with Crippen LogP contribution in [0.1, 0.15) is 31.9 Å². The number of pyridine rings is 1. The van der Waals surface area contributed by atoms with Crippen molar-refractivity contribution in [2.24, 2.45) is 11.1 Å². The Balaban J connectivity index is 1.16. The van der Waals surface area contributed by atoms with Crippen LogP contribution in [0, 0.1) is 5.41 Å². The second-order valence-electron chi connectivity index (χ2n) is 10.6. The van der Waals surface area contributed by atoms with Crippen LogP contribution in [-0.4, -0.2) is 91.1 Å². The summed E-state index contributed by atoms with van der Waals surface area (Å²) in [6.07, 6.45) is 6.52. The van der Waals surface area contributed by atoms with Crippen molar-refractivity contribution in [2.75, 3.05) is 56.6 Å². The van der Waals surface area contributed by atoms with E-state index < -0.39 is 0 Å². The molecular weight excluding hydrogens is 508 g/mol. The van der Waals surface area contributed by atoms with E-state index in [2.05, 4.69) is 21.7 Å². The fourth-order valence-corrected chi connectivity index (χ4v) is 7.03. The summed E-state index contributed by atoms with van der Waals surface area (Å²) in [5.74, 6) is 2.32. The second kappa shape index (κ2) is 10.7. The van der Waals surface area contributed by atoms with Crippen molar-refractivity contribution >= 4 is 23.4 Å². The van der Waals surface area contributed by atoms with Gasteiger partial charge in [-0.3, -0.25) is 0 Å².